The second-order valence-electron chi connectivity index (χ2n) is 3.69. The minimum Gasteiger partial charge on any atom is -0.382 e. The van der Waals surface area contributed by atoms with Gasteiger partial charge < -0.3 is 10.6 Å². The molecule has 1 heterocycles. The van der Waals surface area contributed by atoms with E-state index in [-0.39, 0.29) is 11.9 Å². The number of carbonyl (C=O) groups is 1. The molecule has 1 unspecified atom stereocenters. The SMILES string of the molecule is O=C1CC(Nc2ccc(Br)cc2)CCN1. The summed E-state index contributed by atoms with van der Waals surface area (Å²) < 4.78 is 1.06. The number of amides is 1. The molecular formula is C11H13BrN2O. The Hall–Kier alpha value is -1.03. The molecule has 0 aromatic heterocycles. The normalized spacial score (nSPS) is 20.9. The van der Waals surface area contributed by atoms with Gasteiger partial charge in [0.05, 0.1) is 0 Å². The Kier molecular flexibility index (Phi) is 3.26. The molecule has 0 aliphatic carbocycles. The fourth-order valence-corrected chi connectivity index (χ4v) is 1.95. The number of carbonyl (C=O) groups excluding carboxylic acids is 1. The van der Waals surface area contributed by atoms with Crippen LogP contribution in [-0.4, -0.2) is 18.5 Å². The molecule has 1 fully saturated rings. The standard InChI is InChI=1S/C11H13BrN2O/c12-8-1-3-9(4-2-8)14-10-5-6-13-11(15)7-10/h1-4,10,14H,5-7H2,(H,13,15). The lowest BCUT2D eigenvalue weighted by molar-refractivity contribution is -0.122. The molecule has 0 radical (unpaired) electrons. The van der Waals surface area contributed by atoms with Crippen LogP contribution in [0, 0.1) is 0 Å². The van der Waals surface area contributed by atoms with E-state index in [0.717, 1.165) is 23.1 Å². The van der Waals surface area contributed by atoms with Gasteiger partial charge in [0.25, 0.3) is 0 Å². The number of piperidine rings is 1. The first-order valence-corrected chi connectivity index (χ1v) is 5.82. The molecule has 2 rings (SSSR count). The predicted molar refractivity (Wildman–Crippen MR) is 63.8 cm³/mol. The molecule has 15 heavy (non-hydrogen) atoms. The van der Waals surface area contributed by atoms with Gasteiger partial charge in [0.2, 0.25) is 5.91 Å². The van der Waals surface area contributed by atoms with Crippen LogP contribution >= 0.6 is 15.9 Å². The van der Waals surface area contributed by atoms with Crippen molar-refractivity contribution in [3.63, 3.8) is 0 Å². The van der Waals surface area contributed by atoms with Crippen molar-refractivity contribution in [3.8, 4) is 0 Å². The number of hydrogen-bond acceptors (Lipinski definition) is 2. The van der Waals surface area contributed by atoms with E-state index in [1.165, 1.54) is 0 Å². The van der Waals surface area contributed by atoms with E-state index < -0.39 is 0 Å². The van der Waals surface area contributed by atoms with E-state index in [0.29, 0.717) is 6.42 Å². The van der Waals surface area contributed by atoms with E-state index in [9.17, 15) is 4.79 Å². The predicted octanol–water partition coefficient (Wildman–Crippen LogP) is 2.14. The quantitative estimate of drug-likeness (QED) is 0.863. The summed E-state index contributed by atoms with van der Waals surface area (Å²) >= 11 is 3.39. The Morgan fingerprint density at radius 1 is 1.33 bits per heavy atom. The highest BCUT2D eigenvalue weighted by molar-refractivity contribution is 9.10. The smallest absolute Gasteiger partial charge is 0.222 e. The van der Waals surface area contributed by atoms with E-state index in [1.807, 2.05) is 24.3 Å². The molecule has 0 bridgehead atoms. The van der Waals surface area contributed by atoms with E-state index in [1.54, 1.807) is 0 Å². The molecule has 1 saturated heterocycles. The summed E-state index contributed by atoms with van der Waals surface area (Å²) in [6, 6.07) is 8.27. The third-order valence-electron chi connectivity index (χ3n) is 2.46. The van der Waals surface area contributed by atoms with Crippen molar-refractivity contribution in [2.45, 2.75) is 18.9 Å². The Labute approximate surface area is 97.4 Å². The van der Waals surface area contributed by atoms with Gasteiger partial charge >= 0.3 is 0 Å². The monoisotopic (exact) mass is 268 g/mol. The van der Waals surface area contributed by atoms with E-state index in [2.05, 4.69) is 26.6 Å². The molecule has 1 aromatic rings. The lowest BCUT2D eigenvalue weighted by Gasteiger charge is -2.24. The molecule has 1 amide bonds. The second kappa shape index (κ2) is 4.66. The highest BCUT2D eigenvalue weighted by Crippen LogP contribution is 2.17. The Bertz CT molecular complexity index is 350. The third kappa shape index (κ3) is 2.96. The lowest BCUT2D eigenvalue weighted by Crippen LogP contribution is -2.39. The average Bonchev–Trinajstić information content (AvgIpc) is 2.22. The summed E-state index contributed by atoms with van der Waals surface area (Å²) in [5, 5.41) is 6.18. The number of nitrogens with one attached hydrogen (secondary N) is 2. The summed E-state index contributed by atoms with van der Waals surface area (Å²) in [4.78, 5) is 11.2. The van der Waals surface area contributed by atoms with Crippen molar-refractivity contribution >= 4 is 27.5 Å². The largest absolute Gasteiger partial charge is 0.382 e. The van der Waals surface area contributed by atoms with Gasteiger partial charge in [-0.15, -0.1) is 0 Å². The minimum absolute atomic E-state index is 0.135. The first-order chi connectivity index (χ1) is 7.24. The van der Waals surface area contributed by atoms with Crippen molar-refractivity contribution < 1.29 is 4.79 Å². The van der Waals surface area contributed by atoms with Crippen LogP contribution < -0.4 is 10.6 Å². The minimum atomic E-state index is 0.135. The summed E-state index contributed by atoms with van der Waals surface area (Å²) in [5.74, 6) is 0.135. The zero-order valence-electron chi connectivity index (χ0n) is 8.29. The molecule has 1 aliphatic rings. The molecule has 0 spiro atoms. The Balaban J connectivity index is 1.96. The highest BCUT2D eigenvalue weighted by Gasteiger charge is 2.18. The average molecular weight is 269 g/mol. The Morgan fingerprint density at radius 3 is 2.73 bits per heavy atom. The summed E-state index contributed by atoms with van der Waals surface area (Å²) in [5.41, 5.74) is 1.07. The van der Waals surface area contributed by atoms with Gasteiger partial charge in [0, 0.05) is 29.2 Å². The number of rotatable bonds is 2. The zero-order valence-corrected chi connectivity index (χ0v) is 9.88. The summed E-state index contributed by atoms with van der Waals surface area (Å²) in [6.07, 6.45) is 1.55. The second-order valence-corrected chi connectivity index (χ2v) is 4.61. The highest BCUT2D eigenvalue weighted by atomic mass is 79.9. The van der Waals surface area contributed by atoms with Crippen LogP contribution in [-0.2, 0) is 4.79 Å². The topological polar surface area (TPSA) is 41.1 Å². The molecule has 80 valence electrons. The number of benzene rings is 1. The van der Waals surface area contributed by atoms with Crippen molar-refractivity contribution in [2.75, 3.05) is 11.9 Å². The maximum atomic E-state index is 11.2. The molecular weight excluding hydrogens is 256 g/mol. The first kappa shape index (κ1) is 10.5. The molecule has 1 aliphatic heterocycles. The molecule has 0 saturated carbocycles. The Morgan fingerprint density at radius 2 is 2.07 bits per heavy atom. The van der Waals surface area contributed by atoms with Crippen molar-refractivity contribution in [3.05, 3.63) is 28.7 Å². The zero-order chi connectivity index (χ0) is 10.7. The van der Waals surface area contributed by atoms with Crippen LogP contribution in [0.1, 0.15) is 12.8 Å². The van der Waals surface area contributed by atoms with Gasteiger partial charge in [-0.1, -0.05) is 15.9 Å². The van der Waals surface area contributed by atoms with Crippen molar-refractivity contribution in [1.82, 2.24) is 5.32 Å². The first-order valence-electron chi connectivity index (χ1n) is 5.03. The third-order valence-corrected chi connectivity index (χ3v) is 2.99. The van der Waals surface area contributed by atoms with Crippen LogP contribution in [0.4, 0.5) is 5.69 Å². The number of halogens is 1. The number of anilines is 1. The molecule has 2 N–H and O–H groups in total. The fraction of sp³-hybridized carbons (Fsp3) is 0.364. The van der Waals surface area contributed by atoms with Crippen LogP contribution in [0.5, 0.6) is 0 Å². The van der Waals surface area contributed by atoms with Crippen molar-refractivity contribution in [2.24, 2.45) is 0 Å². The lowest BCUT2D eigenvalue weighted by atomic mass is 10.1. The van der Waals surface area contributed by atoms with E-state index in [4.69, 9.17) is 0 Å². The van der Waals surface area contributed by atoms with Crippen LogP contribution in [0.15, 0.2) is 28.7 Å². The van der Waals surface area contributed by atoms with Gasteiger partial charge in [-0.2, -0.15) is 0 Å². The van der Waals surface area contributed by atoms with E-state index >= 15 is 0 Å². The van der Waals surface area contributed by atoms with Gasteiger partial charge in [0.1, 0.15) is 0 Å². The maximum Gasteiger partial charge on any atom is 0.222 e. The maximum absolute atomic E-state index is 11.2. The molecule has 4 heteroatoms. The fourth-order valence-electron chi connectivity index (χ4n) is 1.69. The van der Waals surface area contributed by atoms with Crippen LogP contribution in [0.3, 0.4) is 0 Å². The van der Waals surface area contributed by atoms with Gasteiger partial charge in [0.15, 0.2) is 0 Å². The molecule has 3 nitrogen and oxygen atoms in total. The summed E-state index contributed by atoms with van der Waals surface area (Å²) in [6.45, 7) is 0.771. The van der Waals surface area contributed by atoms with Crippen LogP contribution in [0.2, 0.25) is 0 Å². The van der Waals surface area contributed by atoms with Gasteiger partial charge in [-0.3, -0.25) is 4.79 Å². The summed E-state index contributed by atoms with van der Waals surface area (Å²) in [7, 11) is 0. The molecule has 1 aromatic carbocycles. The van der Waals surface area contributed by atoms with Crippen molar-refractivity contribution in [1.29, 1.82) is 0 Å². The van der Waals surface area contributed by atoms with Crippen LogP contribution in [0.25, 0.3) is 0 Å². The molecule has 1 atom stereocenters. The number of hydrogen-bond donors (Lipinski definition) is 2. The van der Waals surface area contributed by atoms with Gasteiger partial charge in [-0.05, 0) is 30.7 Å². The van der Waals surface area contributed by atoms with Gasteiger partial charge in [-0.25, -0.2) is 0 Å².